The first-order chi connectivity index (χ1) is 10.3. The van der Waals surface area contributed by atoms with Crippen LogP contribution in [0.1, 0.15) is 49.4 Å². The van der Waals surface area contributed by atoms with Crippen LogP contribution in [-0.4, -0.2) is 26.2 Å². The Labute approximate surface area is 128 Å². The molecule has 21 heavy (non-hydrogen) atoms. The van der Waals surface area contributed by atoms with E-state index in [1.165, 1.54) is 19.3 Å². The van der Waals surface area contributed by atoms with Crippen molar-refractivity contribution in [2.24, 2.45) is 5.10 Å². The van der Waals surface area contributed by atoms with Gasteiger partial charge < -0.3 is 5.11 Å². The predicted octanol–water partition coefficient (Wildman–Crippen LogP) is 3.58. The van der Waals surface area contributed by atoms with Crippen LogP contribution in [0.25, 0.3) is 0 Å². The minimum Gasteiger partial charge on any atom is -0.507 e. The van der Waals surface area contributed by atoms with E-state index in [1.807, 2.05) is 12.1 Å². The second kappa shape index (κ2) is 6.22. The summed E-state index contributed by atoms with van der Waals surface area (Å²) in [6, 6.07) is 7.09. The summed E-state index contributed by atoms with van der Waals surface area (Å²) in [6.45, 7) is 0. The van der Waals surface area contributed by atoms with Crippen molar-refractivity contribution in [1.29, 1.82) is 0 Å². The first kappa shape index (κ1) is 14.0. The molecule has 0 radical (unpaired) electrons. The van der Waals surface area contributed by atoms with Crippen LogP contribution in [0.3, 0.4) is 0 Å². The highest BCUT2D eigenvalue weighted by Crippen LogP contribution is 2.31. The minimum atomic E-state index is 0.204. The highest BCUT2D eigenvalue weighted by molar-refractivity contribution is 7.71. The van der Waals surface area contributed by atoms with Crippen molar-refractivity contribution in [2.75, 3.05) is 0 Å². The van der Waals surface area contributed by atoms with Crippen molar-refractivity contribution in [3.05, 3.63) is 40.4 Å². The number of aromatic hydroxyl groups is 1. The lowest BCUT2D eigenvalue weighted by Gasteiger charge is -2.19. The second-order valence-electron chi connectivity index (χ2n) is 5.34. The highest BCUT2D eigenvalue weighted by atomic mass is 32.1. The number of para-hydroxylation sites is 1. The molecule has 1 aromatic carbocycles. The number of hydrogen-bond acceptors (Lipinski definition) is 4. The highest BCUT2D eigenvalue weighted by Gasteiger charge is 2.21. The van der Waals surface area contributed by atoms with Crippen molar-refractivity contribution >= 4 is 18.4 Å². The number of rotatable bonds is 3. The maximum Gasteiger partial charge on any atom is 0.216 e. The summed E-state index contributed by atoms with van der Waals surface area (Å²) in [5.74, 6) is 1.51. The Bertz CT molecular complexity index is 698. The van der Waals surface area contributed by atoms with Crippen molar-refractivity contribution in [3.8, 4) is 5.75 Å². The monoisotopic (exact) mass is 302 g/mol. The zero-order valence-electron chi connectivity index (χ0n) is 11.7. The van der Waals surface area contributed by atoms with E-state index in [-0.39, 0.29) is 5.75 Å². The molecular formula is C15H18N4OS. The van der Waals surface area contributed by atoms with Crippen LogP contribution in [0.15, 0.2) is 29.4 Å². The molecule has 6 heteroatoms. The van der Waals surface area contributed by atoms with Gasteiger partial charge in [0.15, 0.2) is 5.82 Å². The summed E-state index contributed by atoms with van der Waals surface area (Å²) in [6.07, 6.45) is 7.63. The normalized spacial score (nSPS) is 16.6. The molecule has 1 heterocycles. The average Bonchev–Trinajstić information content (AvgIpc) is 2.88. The number of H-pyrrole nitrogens is 1. The Morgan fingerprint density at radius 3 is 2.81 bits per heavy atom. The van der Waals surface area contributed by atoms with E-state index in [1.54, 1.807) is 23.0 Å². The summed E-state index contributed by atoms with van der Waals surface area (Å²) in [4.78, 5) is 0. The van der Waals surface area contributed by atoms with Crippen LogP contribution in [0.5, 0.6) is 5.75 Å². The SMILES string of the molecule is Oc1ccccc1C=Nn1c(C2CCCCC2)n[nH]c1=S. The van der Waals surface area contributed by atoms with Gasteiger partial charge >= 0.3 is 0 Å². The molecule has 110 valence electrons. The van der Waals surface area contributed by atoms with Crippen LogP contribution < -0.4 is 0 Å². The van der Waals surface area contributed by atoms with Gasteiger partial charge in [0.1, 0.15) is 5.75 Å². The molecule has 1 aliphatic carbocycles. The summed E-state index contributed by atoms with van der Waals surface area (Å²) in [5.41, 5.74) is 0.662. The molecule has 5 nitrogen and oxygen atoms in total. The third-order valence-electron chi connectivity index (χ3n) is 3.89. The number of phenols is 1. The maximum atomic E-state index is 9.78. The third kappa shape index (κ3) is 3.05. The molecule has 2 aromatic rings. The summed E-state index contributed by atoms with van der Waals surface area (Å²) < 4.78 is 2.17. The Balaban J connectivity index is 1.90. The number of aromatic amines is 1. The molecule has 0 spiro atoms. The van der Waals surface area contributed by atoms with Crippen LogP contribution in [0.2, 0.25) is 0 Å². The van der Waals surface area contributed by atoms with Gasteiger partial charge in [0.25, 0.3) is 0 Å². The lowest BCUT2D eigenvalue weighted by atomic mass is 9.89. The summed E-state index contributed by atoms with van der Waals surface area (Å²) in [7, 11) is 0. The molecule has 1 saturated carbocycles. The van der Waals surface area contributed by atoms with E-state index in [0.717, 1.165) is 18.7 Å². The smallest absolute Gasteiger partial charge is 0.216 e. The van der Waals surface area contributed by atoms with Crippen LogP contribution in [0, 0.1) is 4.77 Å². The predicted molar refractivity (Wildman–Crippen MR) is 84.3 cm³/mol. The lowest BCUT2D eigenvalue weighted by Crippen LogP contribution is -2.10. The van der Waals surface area contributed by atoms with Gasteiger partial charge in [0, 0.05) is 11.5 Å². The van der Waals surface area contributed by atoms with E-state index in [2.05, 4.69) is 15.3 Å². The zero-order valence-corrected chi connectivity index (χ0v) is 12.5. The van der Waals surface area contributed by atoms with E-state index in [9.17, 15) is 5.11 Å². The van der Waals surface area contributed by atoms with E-state index in [0.29, 0.717) is 16.3 Å². The molecule has 0 unspecified atom stereocenters. The second-order valence-corrected chi connectivity index (χ2v) is 5.72. The first-order valence-electron chi connectivity index (χ1n) is 7.25. The van der Waals surface area contributed by atoms with Gasteiger partial charge in [-0.05, 0) is 37.2 Å². The van der Waals surface area contributed by atoms with E-state index in [4.69, 9.17) is 12.2 Å². The molecule has 0 atom stereocenters. The van der Waals surface area contributed by atoms with E-state index < -0.39 is 0 Å². The Kier molecular flexibility index (Phi) is 4.15. The average molecular weight is 302 g/mol. The summed E-state index contributed by atoms with van der Waals surface area (Å²) >= 11 is 5.26. The van der Waals surface area contributed by atoms with Crippen molar-refractivity contribution in [3.63, 3.8) is 0 Å². The fraction of sp³-hybridized carbons (Fsp3) is 0.400. The standard InChI is InChI=1S/C15H18N4OS/c20-13-9-5-4-8-12(13)10-16-19-14(17-18-15(19)21)11-6-2-1-3-7-11/h4-5,8-11,20H,1-3,6-7H2,(H,18,21). The molecular weight excluding hydrogens is 284 g/mol. The molecule has 0 aliphatic heterocycles. The number of hydrogen-bond donors (Lipinski definition) is 2. The van der Waals surface area contributed by atoms with Gasteiger partial charge in [0.05, 0.1) is 6.21 Å². The number of phenolic OH excluding ortho intramolecular Hbond substituents is 1. The molecule has 1 fully saturated rings. The third-order valence-corrected chi connectivity index (χ3v) is 4.16. The fourth-order valence-corrected chi connectivity index (χ4v) is 2.94. The first-order valence-corrected chi connectivity index (χ1v) is 7.66. The minimum absolute atomic E-state index is 0.204. The van der Waals surface area contributed by atoms with Crippen LogP contribution in [-0.2, 0) is 0 Å². The number of nitrogens with one attached hydrogen (secondary N) is 1. The maximum absolute atomic E-state index is 9.78. The van der Waals surface area contributed by atoms with Gasteiger partial charge in [-0.2, -0.15) is 14.9 Å². The summed E-state index contributed by atoms with van der Waals surface area (Å²) in [5, 5.41) is 21.4. The Morgan fingerprint density at radius 2 is 2.05 bits per heavy atom. The van der Waals surface area contributed by atoms with Crippen molar-refractivity contribution in [2.45, 2.75) is 38.0 Å². The largest absolute Gasteiger partial charge is 0.507 e. The van der Waals surface area contributed by atoms with Crippen LogP contribution in [0.4, 0.5) is 0 Å². The molecule has 3 rings (SSSR count). The van der Waals surface area contributed by atoms with Gasteiger partial charge in [-0.15, -0.1) is 0 Å². The lowest BCUT2D eigenvalue weighted by molar-refractivity contribution is 0.419. The fourth-order valence-electron chi connectivity index (χ4n) is 2.76. The molecule has 0 amide bonds. The van der Waals surface area contributed by atoms with Gasteiger partial charge in [-0.3, -0.25) is 5.10 Å². The van der Waals surface area contributed by atoms with Gasteiger partial charge in [0.2, 0.25) is 4.77 Å². The molecule has 0 bridgehead atoms. The van der Waals surface area contributed by atoms with Gasteiger partial charge in [-0.25, -0.2) is 0 Å². The quantitative estimate of drug-likeness (QED) is 0.673. The van der Waals surface area contributed by atoms with Crippen molar-refractivity contribution in [1.82, 2.24) is 14.9 Å². The molecule has 2 N–H and O–H groups in total. The molecule has 0 saturated heterocycles. The Morgan fingerprint density at radius 1 is 1.29 bits per heavy atom. The number of aromatic nitrogens is 3. The van der Waals surface area contributed by atoms with E-state index >= 15 is 0 Å². The number of nitrogens with zero attached hydrogens (tertiary/aromatic N) is 3. The van der Waals surface area contributed by atoms with Gasteiger partial charge in [-0.1, -0.05) is 31.4 Å². The zero-order chi connectivity index (χ0) is 14.7. The number of benzene rings is 1. The Hall–Kier alpha value is -1.95. The van der Waals surface area contributed by atoms with Crippen molar-refractivity contribution < 1.29 is 5.11 Å². The topological polar surface area (TPSA) is 66.2 Å². The molecule has 1 aromatic heterocycles. The van der Waals surface area contributed by atoms with Crippen LogP contribution >= 0.6 is 12.2 Å². The molecule has 1 aliphatic rings.